The molecular formula is C21H30N2O5. The Hall–Kier alpha value is -2.70. The number of benzene rings is 1. The molecule has 1 aromatic carbocycles. The summed E-state index contributed by atoms with van der Waals surface area (Å²) >= 11 is 0. The lowest BCUT2D eigenvalue weighted by Gasteiger charge is -2.32. The average molecular weight is 390 g/mol. The highest BCUT2D eigenvalue weighted by Gasteiger charge is 2.36. The van der Waals surface area contributed by atoms with Crippen LogP contribution in [0.1, 0.15) is 53.1 Å². The first-order valence-electron chi connectivity index (χ1n) is 9.70. The van der Waals surface area contributed by atoms with Crippen molar-refractivity contribution in [3.8, 4) is 11.5 Å². The van der Waals surface area contributed by atoms with E-state index in [0.29, 0.717) is 41.5 Å². The van der Waals surface area contributed by atoms with Gasteiger partial charge in [0.1, 0.15) is 11.5 Å². The molecule has 28 heavy (non-hydrogen) atoms. The van der Waals surface area contributed by atoms with Crippen molar-refractivity contribution in [2.45, 2.75) is 53.7 Å². The molecule has 0 bridgehead atoms. The molecule has 0 saturated carbocycles. The van der Waals surface area contributed by atoms with Crippen molar-refractivity contribution in [2.24, 2.45) is 5.92 Å². The zero-order valence-corrected chi connectivity index (χ0v) is 17.4. The van der Waals surface area contributed by atoms with Crippen LogP contribution in [0, 0.1) is 5.92 Å². The van der Waals surface area contributed by atoms with Crippen LogP contribution >= 0.6 is 0 Å². The van der Waals surface area contributed by atoms with Crippen molar-refractivity contribution in [2.75, 3.05) is 13.2 Å². The highest BCUT2D eigenvalue weighted by Crippen LogP contribution is 2.37. The van der Waals surface area contributed by atoms with Crippen LogP contribution in [0.4, 0.5) is 4.79 Å². The molecule has 7 nitrogen and oxygen atoms in total. The van der Waals surface area contributed by atoms with Gasteiger partial charge in [0.15, 0.2) is 0 Å². The highest BCUT2D eigenvalue weighted by molar-refractivity contribution is 5.95. The predicted molar refractivity (Wildman–Crippen MR) is 106 cm³/mol. The molecule has 0 radical (unpaired) electrons. The van der Waals surface area contributed by atoms with Crippen molar-refractivity contribution in [3.63, 3.8) is 0 Å². The van der Waals surface area contributed by atoms with Gasteiger partial charge in [-0.25, -0.2) is 9.59 Å². The smallest absolute Gasteiger partial charge is 0.338 e. The Balaban J connectivity index is 2.60. The van der Waals surface area contributed by atoms with Crippen LogP contribution in [-0.2, 0) is 9.53 Å². The summed E-state index contributed by atoms with van der Waals surface area (Å²) in [5.41, 5.74) is 1.61. The van der Waals surface area contributed by atoms with Gasteiger partial charge in [-0.1, -0.05) is 13.8 Å². The van der Waals surface area contributed by atoms with Gasteiger partial charge in [0.05, 0.1) is 30.9 Å². The standard InChI is InChI=1S/C21H30N2O5/c1-7-26-14-9-10-15(16(11-14)27-8-2)19-17(20(24)28-13(5)6)18(12(3)4)22-21(25)23-19/h9-13,19H,7-8H2,1-6H3,(H2,22,23,25). The van der Waals surface area contributed by atoms with E-state index in [-0.39, 0.29) is 18.1 Å². The molecule has 1 atom stereocenters. The molecule has 0 aromatic heterocycles. The molecule has 2 rings (SSSR count). The fourth-order valence-electron chi connectivity index (χ4n) is 3.07. The van der Waals surface area contributed by atoms with Crippen molar-refractivity contribution in [1.82, 2.24) is 10.6 Å². The average Bonchev–Trinajstić information content (AvgIpc) is 2.61. The number of nitrogens with one attached hydrogen (secondary N) is 2. The molecule has 1 aromatic rings. The van der Waals surface area contributed by atoms with Gasteiger partial charge in [-0.2, -0.15) is 0 Å². The number of amides is 2. The SMILES string of the molecule is CCOc1ccc(C2NC(=O)NC(C(C)C)=C2C(=O)OC(C)C)c(OCC)c1. The third-order valence-electron chi connectivity index (χ3n) is 4.15. The normalized spacial score (nSPS) is 16.7. The molecule has 0 fully saturated rings. The topological polar surface area (TPSA) is 85.9 Å². The fourth-order valence-corrected chi connectivity index (χ4v) is 3.07. The number of hydrogen-bond donors (Lipinski definition) is 2. The largest absolute Gasteiger partial charge is 0.494 e. The van der Waals surface area contributed by atoms with Crippen LogP contribution in [0.5, 0.6) is 11.5 Å². The maximum atomic E-state index is 12.9. The Morgan fingerprint density at radius 2 is 1.79 bits per heavy atom. The van der Waals surface area contributed by atoms with Crippen LogP contribution in [0.15, 0.2) is 29.5 Å². The maximum absolute atomic E-state index is 12.9. The van der Waals surface area contributed by atoms with Gasteiger partial charge >= 0.3 is 12.0 Å². The van der Waals surface area contributed by atoms with Crippen molar-refractivity contribution in [3.05, 3.63) is 35.0 Å². The Bertz CT molecular complexity index is 755. The summed E-state index contributed by atoms with van der Waals surface area (Å²) in [6, 6.07) is 4.33. The maximum Gasteiger partial charge on any atom is 0.338 e. The monoisotopic (exact) mass is 390 g/mol. The van der Waals surface area contributed by atoms with E-state index in [1.54, 1.807) is 26.0 Å². The van der Waals surface area contributed by atoms with Crippen LogP contribution in [0.2, 0.25) is 0 Å². The minimum atomic E-state index is -0.686. The molecule has 1 aliphatic heterocycles. The minimum absolute atomic E-state index is 0.0681. The van der Waals surface area contributed by atoms with Crippen LogP contribution in [0.25, 0.3) is 0 Å². The second kappa shape index (κ2) is 9.48. The number of allylic oxidation sites excluding steroid dienone is 1. The van der Waals surface area contributed by atoms with Crippen LogP contribution in [0.3, 0.4) is 0 Å². The Morgan fingerprint density at radius 1 is 1.11 bits per heavy atom. The van der Waals surface area contributed by atoms with Gasteiger partial charge < -0.3 is 24.8 Å². The zero-order chi connectivity index (χ0) is 20.8. The first-order chi connectivity index (χ1) is 13.3. The molecule has 1 aliphatic rings. The summed E-state index contributed by atoms with van der Waals surface area (Å²) in [5.74, 6) is 0.682. The summed E-state index contributed by atoms with van der Waals surface area (Å²) < 4.78 is 16.8. The molecule has 2 amide bonds. The van der Waals surface area contributed by atoms with Gasteiger partial charge in [0.25, 0.3) is 0 Å². The third kappa shape index (κ3) is 4.97. The summed E-state index contributed by atoms with van der Waals surface area (Å²) in [6.07, 6.45) is -0.279. The van der Waals surface area contributed by atoms with Gasteiger partial charge in [-0.15, -0.1) is 0 Å². The number of urea groups is 1. The van der Waals surface area contributed by atoms with E-state index in [2.05, 4.69) is 10.6 Å². The third-order valence-corrected chi connectivity index (χ3v) is 4.15. The lowest BCUT2D eigenvalue weighted by atomic mass is 9.91. The second-order valence-corrected chi connectivity index (χ2v) is 7.03. The van der Waals surface area contributed by atoms with Crippen molar-refractivity contribution < 1.29 is 23.8 Å². The van der Waals surface area contributed by atoms with E-state index < -0.39 is 12.0 Å². The Kier molecular flexibility index (Phi) is 7.31. The molecule has 0 spiro atoms. The molecule has 0 aliphatic carbocycles. The number of esters is 1. The van der Waals surface area contributed by atoms with Gasteiger partial charge in [-0.05, 0) is 45.7 Å². The minimum Gasteiger partial charge on any atom is -0.494 e. The van der Waals surface area contributed by atoms with Crippen molar-refractivity contribution >= 4 is 12.0 Å². The van der Waals surface area contributed by atoms with Gasteiger partial charge in [0, 0.05) is 17.3 Å². The lowest BCUT2D eigenvalue weighted by Crippen LogP contribution is -2.47. The molecular weight excluding hydrogens is 360 g/mol. The van der Waals surface area contributed by atoms with Gasteiger partial charge in [-0.3, -0.25) is 0 Å². The summed E-state index contributed by atoms with van der Waals surface area (Å²) in [6.45, 7) is 12.2. The number of rotatable bonds is 8. The highest BCUT2D eigenvalue weighted by atomic mass is 16.5. The van der Waals surface area contributed by atoms with E-state index in [1.165, 1.54) is 0 Å². The van der Waals surface area contributed by atoms with Crippen LogP contribution in [-0.4, -0.2) is 31.3 Å². The quantitative estimate of drug-likeness (QED) is 0.661. The molecule has 0 saturated heterocycles. The van der Waals surface area contributed by atoms with Gasteiger partial charge in [0.2, 0.25) is 0 Å². The summed E-state index contributed by atoms with van der Waals surface area (Å²) in [7, 11) is 0. The molecule has 7 heteroatoms. The molecule has 154 valence electrons. The Labute approximate surface area is 166 Å². The molecule has 1 heterocycles. The Morgan fingerprint density at radius 3 is 2.36 bits per heavy atom. The van der Waals surface area contributed by atoms with Crippen LogP contribution < -0.4 is 20.1 Å². The lowest BCUT2D eigenvalue weighted by molar-refractivity contribution is -0.143. The first kappa shape index (κ1) is 21.6. The number of hydrogen-bond acceptors (Lipinski definition) is 5. The van der Waals surface area contributed by atoms with E-state index in [9.17, 15) is 9.59 Å². The fraction of sp³-hybridized carbons (Fsp3) is 0.524. The van der Waals surface area contributed by atoms with Crippen molar-refractivity contribution in [1.29, 1.82) is 0 Å². The summed E-state index contributed by atoms with van der Waals surface area (Å²) in [5, 5.41) is 5.61. The summed E-state index contributed by atoms with van der Waals surface area (Å²) in [4.78, 5) is 25.2. The number of carbonyl (C=O) groups excluding carboxylic acids is 2. The number of ether oxygens (including phenoxy) is 3. The van der Waals surface area contributed by atoms with E-state index in [4.69, 9.17) is 14.2 Å². The molecule has 1 unspecified atom stereocenters. The number of carbonyl (C=O) groups is 2. The van der Waals surface area contributed by atoms with E-state index >= 15 is 0 Å². The second-order valence-electron chi connectivity index (χ2n) is 7.03. The zero-order valence-electron chi connectivity index (χ0n) is 17.4. The first-order valence-corrected chi connectivity index (χ1v) is 9.70. The van der Waals surface area contributed by atoms with E-state index in [0.717, 1.165) is 0 Å². The van der Waals surface area contributed by atoms with E-state index in [1.807, 2.05) is 33.8 Å². The predicted octanol–water partition coefficient (Wildman–Crippen LogP) is 3.70. The molecule has 2 N–H and O–H groups in total.